The molecule has 0 aliphatic heterocycles. The summed E-state index contributed by atoms with van der Waals surface area (Å²) in [6.07, 6.45) is -0.0703. The van der Waals surface area contributed by atoms with Gasteiger partial charge in [0.05, 0.1) is 12.2 Å². The van der Waals surface area contributed by atoms with E-state index in [4.69, 9.17) is 5.11 Å². The fourth-order valence-electron chi connectivity index (χ4n) is 1.77. The molecule has 1 aromatic rings. The summed E-state index contributed by atoms with van der Waals surface area (Å²) in [7, 11) is 0. The zero-order valence-corrected chi connectivity index (χ0v) is 11.6. The van der Waals surface area contributed by atoms with Crippen molar-refractivity contribution >= 4 is 0 Å². The Morgan fingerprint density at radius 2 is 1.56 bits per heavy atom. The van der Waals surface area contributed by atoms with Crippen molar-refractivity contribution in [1.82, 2.24) is 5.32 Å². The minimum atomic E-state index is -0.486. The van der Waals surface area contributed by atoms with E-state index < -0.39 is 6.10 Å². The molecule has 2 unspecified atom stereocenters. The minimum absolute atomic E-state index is 0.292. The lowest BCUT2D eigenvalue weighted by Gasteiger charge is -2.14. The average Bonchev–Trinajstić information content (AvgIpc) is 2.34. The van der Waals surface area contributed by atoms with Crippen LogP contribution in [0.5, 0.6) is 0 Å². The maximum Gasteiger partial charge on any atom is 0.0914 e. The molecule has 0 heterocycles. The number of benzene rings is 1. The fraction of sp³-hybridized carbons (Fsp3) is 0.600. The van der Waals surface area contributed by atoms with Gasteiger partial charge in [-0.25, -0.2) is 0 Å². The molecule has 2 atom stereocenters. The van der Waals surface area contributed by atoms with Gasteiger partial charge in [0.2, 0.25) is 0 Å². The summed E-state index contributed by atoms with van der Waals surface area (Å²) in [5.41, 5.74) is 2.22. The molecule has 18 heavy (non-hydrogen) atoms. The van der Waals surface area contributed by atoms with E-state index in [0.717, 1.165) is 12.1 Å². The summed E-state index contributed by atoms with van der Waals surface area (Å²) in [5.74, 6) is 0.514. The molecule has 102 valence electrons. The molecule has 1 rings (SSSR count). The maximum atomic E-state index is 9.99. The van der Waals surface area contributed by atoms with Gasteiger partial charge >= 0.3 is 0 Å². The maximum absolute atomic E-state index is 9.99. The number of aliphatic hydroxyl groups is 2. The van der Waals surface area contributed by atoms with Gasteiger partial charge in [-0.3, -0.25) is 0 Å². The number of hydrogen-bond donors (Lipinski definition) is 3. The number of aliphatic hydroxyl groups excluding tert-OH is 2. The van der Waals surface area contributed by atoms with Crippen LogP contribution < -0.4 is 5.32 Å². The van der Waals surface area contributed by atoms with E-state index in [1.807, 2.05) is 12.1 Å². The molecule has 0 aromatic heterocycles. The monoisotopic (exact) mass is 251 g/mol. The van der Waals surface area contributed by atoms with Crippen LogP contribution >= 0.6 is 0 Å². The van der Waals surface area contributed by atoms with Crippen LogP contribution in [0.1, 0.15) is 50.3 Å². The number of hydrogen-bond acceptors (Lipinski definition) is 3. The first-order chi connectivity index (χ1) is 8.50. The number of nitrogens with one attached hydrogen (secondary N) is 1. The number of rotatable bonds is 7. The van der Waals surface area contributed by atoms with Crippen molar-refractivity contribution < 1.29 is 10.2 Å². The Hall–Kier alpha value is -0.900. The van der Waals surface area contributed by atoms with Gasteiger partial charge in [-0.05, 0) is 36.9 Å². The highest BCUT2D eigenvalue weighted by molar-refractivity contribution is 5.26. The van der Waals surface area contributed by atoms with Crippen molar-refractivity contribution in [3.8, 4) is 0 Å². The Bertz CT molecular complexity index is 333. The van der Waals surface area contributed by atoms with Gasteiger partial charge in [0.15, 0.2) is 0 Å². The van der Waals surface area contributed by atoms with E-state index in [1.54, 1.807) is 6.92 Å². The predicted octanol–water partition coefficient (Wildman–Crippen LogP) is 2.20. The lowest BCUT2D eigenvalue weighted by molar-refractivity contribution is 0.162. The van der Waals surface area contributed by atoms with Crippen LogP contribution in [-0.4, -0.2) is 29.4 Å². The van der Waals surface area contributed by atoms with E-state index in [-0.39, 0.29) is 6.10 Å². The smallest absolute Gasteiger partial charge is 0.0914 e. The van der Waals surface area contributed by atoms with Crippen molar-refractivity contribution in [3.63, 3.8) is 0 Å². The lowest BCUT2D eigenvalue weighted by atomic mass is 10.00. The molecule has 0 aliphatic carbocycles. The quantitative estimate of drug-likeness (QED) is 0.651. The molecule has 0 saturated heterocycles. The van der Waals surface area contributed by atoms with E-state index in [0.29, 0.717) is 18.9 Å². The van der Waals surface area contributed by atoms with Gasteiger partial charge in [0, 0.05) is 6.54 Å². The zero-order valence-electron chi connectivity index (χ0n) is 11.6. The van der Waals surface area contributed by atoms with Crippen LogP contribution in [0.3, 0.4) is 0 Å². The van der Waals surface area contributed by atoms with Crippen molar-refractivity contribution in [2.75, 3.05) is 13.1 Å². The van der Waals surface area contributed by atoms with E-state index in [2.05, 4.69) is 31.3 Å². The third-order valence-corrected chi connectivity index (χ3v) is 3.06. The fourth-order valence-corrected chi connectivity index (χ4v) is 1.77. The van der Waals surface area contributed by atoms with E-state index in [1.165, 1.54) is 5.56 Å². The average molecular weight is 251 g/mol. The first-order valence-corrected chi connectivity index (χ1v) is 6.67. The third-order valence-electron chi connectivity index (χ3n) is 3.06. The molecule has 0 saturated carbocycles. The highest BCUT2D eigenvalue weighted by Gasteiger charge is 2.07. The van der Waals surface area contributed by atoms with Crippen molar-refractivity contribution in [3.05, 3.63) is 35.4 Å². The van der Waals surface area contributed by atoms with E-state index >= 15 is 0 Å². The summed E-state index contributed by atoms with van der Waals surface area (Å²) in [4.78, 5) is 0. The summed E-state index contributed by atoms with van der Waals surface area (Å²) >= 11 is 0. The second kappa shape index (κ2) is 7.52. The van der Waals surface area contributed by atoms with Crippen molar-refractivity contribution in [1.29, 1.82) is 0 Å². The molecule has 0 aliphatic rings. The standard InChI is InChI=1S/C15H25NO2/c1-11(2)13-4-6-14(7-5-13)15(18)10-16-9-8-12(3)17/h4-7,11-12,15-18H,8-10H2,1-3H3. The van der Waals surface area contributed by atoms with Gasteiger partial charge in [-0.15, -0.1) is 0 Å². The Balaban J connectivity index is 2.39. The molecule has 1 aromatic carbocycles. The van der Waals surface area contributed by atoms with Crippen LogP contribution in [0.4, 0.5) is 0 Å². The molecule has 3 heteroatoms. The highest BCUT2D eigenvalue weighted by Crippen LogP contribution is 2.18. The first-order valence-electron chi connectivity index (χ1n) is 6.67. The molecule has 0 bridgehead atoms. The third kappa shape index (κ3) is 5.17. The Kier molecular flexibility index (Phi) is 6.33. The Labute approximate surface area is 110 Å². The molecule has 0 fully saturated rings. The SMILES string of the molecule is CC(O)CCNCC(O)c1ccc(C(C)C)cc1. The van der Waals surface area contributed by atoms with Crippen LogP contribution in [0, 0.1) is 0 Å². The first kappa shape index (κ1) is 15.2. The summed E-state index contributed by atoms with van der Waals surface area (Å²) in [6, 6.07) is 8.10. The molecule has 3 N–H and O–H groups in total. The van der Waals surface area contributed by atoms with Gasteiger partial charge in [0.25, 0.3) is 0 Å². The minimum Gasteiger partial charge on any atom is -0.393 e. The van der Waals surface area contributed by atoms with Gasteiger partial charge < -0.3 is 15.5 Å². The van der Waals surface area contributed by atoms with Crippen LogP contribution in [-0.2, 0) is 0 Å². The van der Waals surface area contributed by atoms with Gasteiger partial charge in [0.1, 0.15) is 0 Å². The molecular weight excluding hydrogens is 226 g/mol. The molecule has 3 nitrogen and oxygen atoms in total. The highest BCUT2D eigenvalue weighted by atomic mass is 16.3. The molecule has 0 amide bonds. The second-order valence-corrected chi connectivity index (χ2v) is 5.18. The second-order valence-electron chi connectivity index (χ2n) is 5.18. The van der Waals surface area contributed by atoms with Crippen molar-refractivity contribution in [2.24, 2.45) is 0 Å². The lowest BCUT2D eigenvalue weighted by Crippen LogP contribution is -2.24. The summed E-state index contributed by atoms with van der Waals surface area (Å²) < 4.78 is 0. The topological polar surface area (TPSA) is 52.5 Å². The van der Waals surface area contributed by atoms with E-state index in [9.17, 15) is 5.11 Å². The molecular formula is C15H25NO2. The van der Waals surface area contributed by atoms with Gasteiger partial charge in [-0.2, -0.15) is 0 Å². The van der Waals surface area contributed by atoms with Crippen LogP contribution in [0.25, 0.3) is 0 Å². The Morgan fingerprint density at radius 1 is 1.00 bits per heavy atom. The summed E-state index contributed by atoms with van der Waals surface area (Å²) in [5, 5.41) is 22.2. The Morgan fingerprint density at radius 3 is 2.06 bits per heavy atom. The molecule has 0 spiro atoms. The van der Waals surface area contributed by atoms with Crippen LogP contribution in [0.2, 0.25) is 0 Å². The summed E-state index contributed by atoms with van der Waals surface area (Å²) in [6.45, 7) is 7.32. The van der Waals surface area contributed by atoms with Crippen molar-refractivity contribution in [2.45, 2.75) is 45.3 Å². The van der Waals surface area contributed by atoms with Crippen LogP contribution in [0.15, 0.2) is 24.3 Å². The predicted molar refractivity (Wildman–Crippen MR) is 74.7 cm³/mol. The van der Waals surface area contributed by atoms with Gasteiger partial charge in [-0.1, -0.05) is 38.1 Å². The molecule has 0 radical (unpaired) electrons. The largest absolute Gasteiger partial charge is 0.393 e. The normalized spacial score (nSPS) is 14.8. The zero-order chi connectivity index (χ0) is 13.5.